The minimum atomic E-state index is -0.317. The van der Waals surface area contributed by atoms with Crippen molar-refractivity contribution < 1.29 is 9.53 Å². The molecule has 0 aliphatic rings. The first-order valence-corrected chi connectivity index (χ1v) is 12.0. The number of anilines is 1. The highest BCUT2D eigenvalue weighted by Crippen LogP contribution is 2.25. The molecule has 0 unspecified atom stereocenters. The number of rotatable bonds is 5. The molecule has 0 saturated carbocycles. The van der Waals surface area contributed by atoms with Crippen molar-refractivity contribution in [1.82, 2.24) is 20.3 Å². The number of nitrogens with zero attached hydrogens (tertiary/aromatic N) is 3. The Balaban J connectivity index is 1.36. The van der Waals surface area contributed by atoms with Crippen LogP contribution in [0.25, 0.3) is 27.5 Å². The van der Waals surface area contributed by atoms with E-state index in [9.17, 15) is 4.79 Å². The molecular weight excluding hydrogens is 470 g/mol. The van der Waals surface area contributed by atoms with Crippen molar-refractivity contribution in [3.8, 4) is 11.4 Å². The van der Waals surface area contributed by atoms with Crippen LogP contribution in [0.15, 0.2) is 78.9 Å². The Morgan fingerprint density at radius 1 is 0.944 bits per heavy atom. The fourth-order valence-electron chi connectivity index (χ4n) is 4.00. The van der Waals surface area contributed by atoms with Crippen molar-refractivity contribution in [2.24, 2.45) is 0 Å². The van der Waals surface area contributed by atoms with Gasteiger partial charge in [0.2, 0.25) is 0 Å². The molecule has 1 heterocycles. The molecule has 0 spiro atoms. The van der Waals surface area contributed by atoms with E-state index in [4.69, 9.17) is 27.2 Å². The lowest BCUT2D eigenvalue weighted by atomic mass is 10.1. The first-order chi connectivity index (χ1) is 17.4. The number of benzene rings is 4. The zero-order chi connectivity index (χ0) is 25.2. The highest BCUT2D eigenvalue weighted by atomic mass is 32.1. The molecule has 0 fully saturated rings. The van der Waals surface area contributed by atoms with E-state index in [0.29, 0.717) is 16.8 Å². The molecule has 0 aliphatic heterocycles. The van der Waals surface area contributed by atoms with Crippen LogP contribution in [0, 0.1) is 6.92 Å². The van der Waals surface area contributed by atoms with E-state index in [1.807, 2.05) is 63.2 Å². The third kappa shape index (κ3) is 4.89. The Morgan fingerprint density at radius 2 is 1.67 bits per heavy atom. The number of aromatic nitrogens is 3. The largest absolute Gasteiger partial charge is 0.491 e. The summed E-state index contributed by atoms with van der Waals surface area (Å²) in [6.45, 7) is 5.83. The van der Waals surface area contributed by atoms with E-state index in [2.05, 4.69) is 28.8 Å². The van der Waals surface area contributed by atoms with Crippen LogP contribution in [0.5, 0.6) is 5.75 Å². The zero-order valence-electron chi connectivity index (χ0n) is 20.1. The molecule has 5 rings (SSSR count). The Bertz CT molecular complexity index is 1600. The van der Waals surface area contributed by atoms with Gasteiger partial charge in [-0.1, -0.05) is 42.5 Å². The molecule has 1 aromatic heterocycles. The van der Waals surface area contributed by atoms with Gasteiger partial charge in [-0.05, 0) is 80.3 Å². The Kier molecular flexibility index (Phi) is 6.35. The Labute approximate surface area is 214 Å². The van der Waals surface area contributed by atoms with Gasteiger partial charge in [0.1, 0.15) is 16.8 Å². The second-order valence-electron chi connectivity index (χ2n) is 8.75. The number of carbonyl (C=O) groups excluding carboxylic acids is 1. The number of hydrogen-bond acceptors (Lipinski definition) is 5. The van der Waals surface area contributed by atoms with Crippen molar-refractivity contribution in [1.29, 1.82) is 0 Å². The van der Waals surface area contributed by atoms with E-state index >= 15 is 0 Å². The van der Waals surface area contributed by atoms with Crippen LogP contribution < -0.4 is 15.4 Å². The molecule has 8 heteroatoms. The molecule has 1 amide bonds. The highest BCUT2D eigenvalue weighted by Gasteiger charge is 2.13. The molecule has 0 aliphatic carbocycles. The average molecular weight is 496 g/mol. The molecule has 5 aromatic rings. The number of amides is 1. The molecule has 0 radical (unpaired) electrons. The summed E-state index contributed by atoms with van der Waals surface area (Å²) in [6.07, 6.45) is 0.0162. The van der Waals surface area contributed by atoms with Crippen molar-refractivity contribution in [3.63, 3.8) is 0 Å². The van der Waals surface area contributed by atoms with E-state index in [0.717, 1.165) is 33.2 Å². The van der Waals surface area contributed by atoms with Gasteiger partial charge in [0.15, 0.2) is 5.11 Å². The molecule has 36 heavy (non-hydrogen) atoms. The number of carbonyl (C=O) groups is 1. The average Bonchev–Trinajstić information content (AvgIpc) is 3.26. The second kappa shape index (κ2) is 9.75. The topological polar surface area (TPSA) is 81.1 Å². The predicted octanol–water partition coefficient (Wildman–Crippen LogP) is 5.80. The minimum absolute atomic E-state index is 0.0162. The van der Waals surface area contributed by atoms with Crippen LogP contribution in [0.4, 0.5) is 5.69 Å². The fraction of sp³-hybridized carbons (Fsp3) is 0.143. The maximum absolute atomic E-state index is 12.7. The summed E-state index contributed by atoms with van der Waals surface area (Å²) in [4.78, 5) is 14.4. The number of ether oxygens (including phenoxy) is 1. The fourth-order valence-corrected chi connectivity index (χ4v) is 4.21. The number of thiocarbonyl (C=S) groups is 1. The van der Waals surface area contributed by atoms with Crippen LogP contribution in [0.3, 0.4) is 0 Å². The minimum Gasteiger partial charge on any atom is -0.491 e. The molecule has 0 saturated heterocycles. The van der Waals surface area contributed by atoms with Gasteiger partial charge in [-0.15, -0.1) is 15.0 Å². The van der Waals surface area contributed by atoms with Gasteiger partial charge in [0.05, 0.1) is 11.8 Å². The zero-order valence-corrected chi connectivity index (χ0v) is 21.0. The summed E-state index contributed by atoms with van der Waals surface area (Å²) >= 11 is 5.42. The maximum Gasteiger partial charge on any atom is 0.257 e. The van der Waals surface area contributed by atoms with Crippen molar-refractivity contribution in [2.45, 2.75) is 26.9 Å². The summed E-state index contributed by atoms with van der Waals surface area (Å²) in [5.41, 5.74) is 4.52. The number of aryl methyl sites for hydroxylation is 1. The summed E-state index contributed by atoms with van der Waals surface area (Å²) < 4.78 is 5.68. The first-order valence-electron chi connectivity index (χ1n) is 11.6. The van der Waals surface area contributed by atoms with Crippen LogP contribution in [0.2, 0.25) is 0 Å². The smallest absolute Gasteiger partial charge is 0.257 e. The SMILES string of the molecule is Cc1cc2nn(-c3cccc4ccccc34)nc2cc1NC(=S)NC(=O)c1cccc(OC(C)C)c1. The molecule has 0 bridgehead atoms. The van der Waals surface area contributed by atoms with Crippen LogP contribution >= 0.6 is 12.2 Å². The molecular formula is C28H25N5O2S. The van der Waals surface area contributed by atoms with Crippen LogP contribution in [-0.4, -0.2) is 32.1 Å². The lowest BCUT2D eigenvalue weighted by Gasteiger charge is -2.13. The van der Waals surface area contributed by atoms with Crippen LogP contribution in [0.1, 0.15) is 29.8 Å². The van der Waals surface area contributed by atoms with E-state index < -0.39 is 0 Å². The van der Waals surface area contributed by atoms with E-state index in [1.165, 1.54) is 0 Å². The highest BCUT2D eigenvalue weighted by molar-refractivity contribution is 7.80. The summed E-state index contributed by atoms with van der Waals surface area (Å²) in [5, 5.41) is 17.6. The van der Waals surface area contributed by atoms with Gasteiger partial charge in [-0.25, -0.2) is 0 Å². The third-order valence-electron chi connectivity index (χ3n) is 5.65. The van der Waals surface area contributed by atoms with Gasteiger partial charge < -0.3 is 10.1 Å². The molecule has 4 aromatic carbocycles. The molecule has 0 atom stereocenters. The summed E-state index contributed by atoms with van der Waals surface area (Å²) in [7, 11) is 0. The standard InChI is InChI=1S/C28H25N5O2S/c1-17(2)35-21-11-6-10-20(15-21)27(34)30-28(36)29-23-16-25-24(14-18(23)3)31-33(32-25)26-13-7-9-19-8-4-5-12-22(19)26/h4-17H,1-3H3,(H2,29,30,34,36). The molecule has 2 N–H and O–H groups in total. The second-order valence-corrected chi connectivity index (χ2v) is 9.15. The Morgan fingerprint density at radius 3 is 2.47 bits per heavy atom. The monoisotopic (exact) mass is 495 g/mol. The van der Waals surface area contributed by atoms with Crippen molar-refractivity contribution in [2.75, 3.05) is 5.32 Å². The Hall–Kier alpha value is -4.30. The quantitative estimate of drug-likeness (QED) is 0.300. The van der Waals surface area contributed by atoms with Gasteiger partial charge in [-0.2, -0.15) is 0 Å². The number of fused-ring (bicyclic) bond motifs is 2. The van der Waals surface area contributed by atoms with Crippen molar-refractivity contribution in [3.05, 3.63) is 90.0 Å². The van der Waals surface area contributed by atoms with Gasteiger partial charge in [-0.3, -0.25) is 10.1 Å². The summed E-state index contributed by atoms with van der Waals surface area (Å²) in [5.74, 6) is 0.314. The number of nitrogens with one attached hydrogen (secondary N) is 2. The third-order valence-corrected chi connectivity index (χ3v) is 5.86. The molecule has 7 nitrogen and oxygen atoms in total. The van der Waals surface area contributed by atoms with E-state index in [1.54, 1.807) is 23.0 Å². The molecule has 180 valence electrons. The normalized spacial score (nSPS) is 11.1. The van der Waals surface area contributed by atoms with Crippen molar-refractivity contribution >= 4 is 50.7 Å². The van der Waals surface area contributed by atoms with Crippen LogP contribution in [-0.2, 0) is 0 Å². The van der Waals surface area contributed by atoms with Gasteiger partial charge >= 0.3 is 0 Å². The first kappa shape index (κ1) is 23.4. The van der Waals surface area contributed by atoms with Gasteiger partial charge in [0.25, 0.3) is 5.91 Å². The number of hydrogen-bond donors (Lipinski definition) is 2. The summed E-state index contributed by atoms with van der Waals surface area (Å²) in [6, 6.07) is 25.0. The lowest BCUT2D eigenvalue weighted by Crippen LogP contribution is -2.34. The van der Waals surface area contributed by atoms with Gasteiger partial charge in [0, 0.05) is 16.6 Å². The lowest BCUT2D eigenvalue weighted by molar-refractivity contribution is 0.0977. The maximum atomic E-state index is 12.7. The van der Waals surface area contributed by atoms with E-state index in [-0.39, 0.29) is 17.1 Å². The predicted molar refractivity (Wildman–Crippen MR) is 147 cm³/mol.